The average molecular weight is 407 g/mol. The average Bonchev–Trinajstić information content (AvgIpc) is 3.32. The van der Waals surface area contributed by atoms with Crippen LogP contribution in [0.25, 0.3) is 10.9 Å². The first-order chi connectivity index (χ1) is 14.7. The van der Waals surface area contributed by atoms with Gasteiger partial charge < -0.3 is 15.5 Å². The van der Waals surface area contributed by atoms with Crippen LogP contribution in [0.3, 0.4) is 0 Å². The molecule has 0 unspecified atom stereocenters. The fraction of sp³-hybridized carbons (Fsp3) is 0.381. The topological polar surface area (TPSA) is 105 Å². The van der Waals surface area contributed by atoms with Gasteiger partial charge in [-0.2, -0.15) is 5.10 Å². The molecule has 9 nitrogen and oxygen atoms in total. The Kier molecular flexibility index (Phi) is 6.17. The number of hydrogen-bond donors (Lipinski definition) is 2. The minimum absolute atomic E-state index is 0.117. The van der Waals surface area contributed by atoms with Crippen LogP contribution in [-0.2, 0) is 11.3 Å². The van der Waals surface area contributed by atoms with E-state index in [4.69, 9.17) is 0 Å². The van der Waals surface area contributed by atoms with Crippen LogP contribution in [0, 0.1) is 0 Å². The van der Waals surface area contributed by atoms with E-state index < -0.39 is 0 Å². The molecule has 0 bridgehead atoms. The Labute approximate surface area is 174 Å². The highest BCUT2D eigenvalue weighted by atomic mass is 16.1. The third-order valence-electron chi connectivity index (χ3n) is 5.18. The summed E-state index contributed by atoms with van der Waals surface area (Å²) in [6.07, 6.45) is 5.90. The van der Waals surface area contributed by atoms with Crippen molar-refractivity contribution in [2.24, 2.45) is 0 Å². The quantitative estimate of drug-likeness (QED) is 0.544. The summed E-state index contributed by atoms with van der Waals surface area (Å²) >= 11 is 0. The van der Waals surface area contributed by atoms with E-state index in [-0.39, 0.29) is 17.9 Å². The van der Waals surface area contributed by atoms with Crippen LogP contribution in [0.1, 0.15) is 19.3 Å². The van der Waals surface area contributed by atoms with E-state index >= 15 is 0 Å². The molecule has 3 heterocycles. The Bertz CT molecular complexity index is 1080. The largest absolute Gasteiger partial charge is 0.370 e. The van der Waals surface area contributed by atoms with Gasteiger partial charge in [0, 0.05) is 45.2 Å². The second kappa shape index (κ2) is 9.34. The van der Waals surface area contributed by atoms with E-state index in [1.807, 2.05) is 12.1 Å². The summed E-state index contributed by atoms with van der Waals surface area (Å²) in [5, 5.41) is 14.7. The zero-order chi connectivity index (χ0) is 20.8. The number of nitrogens with one attached hydrogen (secondary N) is 2. The molecule has 2 aromatic heterocycles. The minimum atomic E-state index is -0.133. The minimum Gasteiger partial charge on any atom is -0.370 e. The summed E-state index contributed by atoms with van der Waals surface area (Å²) in [5.74, 6) is 0.580. The summed E-state index contributed by atoms with van der Waals surface area (Å²) in [6, 6.07) is 9.18. The Hall–Kier alpha value is -3.49. The molecule has 1 saturated heterocycles. The molecule has 0 atom stereocenters. The molecular weight excluding hydrogens is 382 g/mol. The van der Waals surface area contributed by atoms with Crippen LogP contribution in [0.4, 0.5) is 11.5 Å². The first-order valence-corrected chi connectivity index (χ1v) is 10.2. The number of fused-ring (bicyclic) bond motifs is 1. The van der Waals surface area contributed by atoms with Crippen LogP contribution >= 0.6 is 0 Å². The monoisotopic (exact) mass is 407 g/mol. The number of hydrogen-bond acceptors (Lipinski definition) is 7. The first-order valence-electron chi connectivity index (χ1n) is 10.2. The number of para-hydroxylation sites is 1. The van der Waals surface area contributed by atoms with Crippen LogP contribution in [0.15, 0.2) is 47.7 Å². The number of benzene rings is 1. The van der Waals surface area contributed by atoms with Crippen molar-refractivity contribution >= 4 is 28.3 Å². The summed E-state index contributed by atoms with van der Waals surface area (Å²) < 4.78 is 1.47. The second-order valence-electron chi connectivity index (χ2n) is 7.28. The molecule has 1 aliphatic heterocycles. The standard InChI is InChI=1S/C21H25N7O2/c29-20(7-12-28-15-24-18-6-2-1-5-17(18)21(28)30)23-9-8-22-19-13-16(14-25-26-19)27-10-3-4-11-27/h1-2,5-6,13-15H,3-4,7-12H2,(H,22,26)(H,23,29). The van der Waals surface area contributed by atoms with Gasteiger partial charge in [0.15, 0.2) is 5.82 Å². The van der Waals surface area contributed by atoms with Gasteiger partial charge in [0.1, 0.15) is 0 Å². The van der Waals surface area contributed by atoms with Gasteiger partial charge in [-0.15, -0.1) is 5.10 Å². The lowest BCUT2D eigenvalue weighted by Gasteiger charge is -2.17. The van der Waals surface area contributed by atoms with E-state index in [9.17, 15) is 9.59 Å². The van der Waals surface area contributed by atoms with Gasteiger partial charge in [0.25, 0.3) is 5.56 Å². The van der Waals surface area contributed by atoms with Gasteiger partial charge >= 0.3 is 0 Å². The number of nitrogens with zero attached hydrogens (tertiary/aromatic N) is 5. The predicted octanol–water partition coefficient (Wildman–Crippen LogP) is 1.41. The van der Waals surface area contributed by atoms with Gasteiger partial charge in [-0.05, 0) is 25.0 Å². The van der Waals surface area contributed by atoms with E-state index in [0.717, 1.165) is 18.8 Å². The van der Waals surface area contributed by atoms with Gasteiger partial charge in [0.05, 0.1) is 29.1 Å². The molecule has 0 radical (unpaired) electrons. The third kappa shape index (κ3) is 4.73. The number of carbonyl (C=O) groups is 1. The maximum Gasteiger partial charge on any atom is 0.261 e. The number of carbonyl (C=O) groups excluding carboxylic acids is 1. The van der Waals surface area contributed by atoms with Gasteiger partial charge in [0.2, 0.25) is 5.91 Å². The number of amides is 1. The maximum absolute atomic E-state index is 12.4. The van der Waals surface area contributed by atoms with Crippen molar-refractivity contribution in [2.75, 3.05) is 36.4 Å². The molecule has 1 aliphatic rings. The fourth-order valence-corrected chi connectivity index (χ4v) is 3.56. The molecule has 0 aliphatic carbocycles. The lowest BCUT2D eigenvalue weighted by molar-refractivity contribution is -0.121. The first kappa shape index (κ1) is 19.8. The van der Waals surface area contributed by atoms with Crippen molar-refractivity contribution in [3.05, 3.63) is 53.2 Å². The van der Waals surface area contributed by atoms with Crippen LogP contribution in [0.5, 0.6) is 0 Å². The van der Waals surface area contributed by atoms with Crippen molar-refractivity contribution in [1.82, 2.24) is 25.1 Å². The van der Waals surface area contributed by atoms with Crippen LogP contribution in [-0.4, -0.2) is 51.8 Å². The molecule has 1 fully saturated rings. The summed E-state index contributed by atoms with van der Waals surface area (Å²) in [4.78, 5) is 31.1. The number of rotatable bonds is 8. The highest BCUT2D eigenvalue weighted by molar-refractivity contribution is 5.77. The zero-order valence-electron chi connectivity index (χ0n) is 16.8. The van der Waals surface area contributed by atoms with Crippen molar-refractivity contribution in [3.63, 3.8) is 0 Å². The molecule has 0 saturated carbocycles. The Morgan fingerprint density at radius 2 is 1.97 bits per heavy atom. The normalized spacial score (nSPS) is 13.5. The summed E-state index contributed by atoms with van der Waals surface area (Å²) in [7, 11) is 0. The van der Waals surface area contributed by atoms with E-state index in [1.54, 1.807) is 24.4 Å². The Balaban J connectivity index is 1.22. The molecule has 1 aromatic carbocycles. The lowest BCUT2D eigenvalue weighted by atomic mass is 10.2. The van der Waals surface area contributed by atoms with Gasteiger partial charge in [-0.3, -0.25) is 14.2 Å². The van der Waals surface area contributed by atoms with Crippen molar-refractivity contribution in [3.8, 4) is 0 Å². The zero-order valence-corrected chi connectivity index (χ0v) is 16.8. The molecule has 3 aromatic rings. The lowest BCUT2D eigenvalue weighted by Crippen LogP contribution is -2.31. The second-order valence-corrected chi connectivity index (χ2v) is 7.28. The molecule has 4 rings (SSSR count). The maximum atomic E-state index is 12.4. The summed E-state index contributed by atoms with van der Waals surface area (Å²) in [5.41, 5.74) is 1.60. The molecular formula is C21H25N7O2. The van der Waals surface area contributed by atoms with E-state index in [0.29, 0.717) is 36.4 Å². The molecule has 2 N–H and O–H groups in total. The van der Waals surface area contributed by atoms with Crippen LogP contribution in [0.2, 0.25) is 0 Å². The van der Waals surface area contributed by atoms with Crippen molar-refractivity contribution in [2.45, 2.75) is 25.8 Å². The fourth-order valence-electron chi connectivity index (χ4n) is 3.56. The van der Waals surface area contributed by atoms with Crippen LogP contribution < -0.4 is 21.1 Å². The highest BCUT2D eigenvalue weighted by Crippen LogP contribution is 2.20. The smallest absolute Gasteiger partial charge is 0.261 e. The Morgan fingerprint density at radius 3 is 2.83 bits per heavy atom. The number of aromatic nitrogens is 4. The predicted molar refractivity (Wildman–Crippen MR) is 116 cm³/mol. The molecule has 30 heavy (non-hydrogen) atoms. The van der Waals surface area contributed by atoms with Gasteiger partial charge in [-0.25, -0.2) is 4.98 Å². The van der Waals surface area contributed by atoms with Crippen molar-refractivity contribution in [1.29, 1.82) is 0 Å². The highest BCUT2D eigenvalue weighted by Gasteiger charge is 2.13. The SMILES string of the molecule is O=C(CCn1cnc2ccccc2c1=O)NCCNc1cc(N2CCCC2)cnn1. The molecule has 0 spiro atoms. The van der Waals surface area contributed by atoms with E-state index in [2.05, 4.69) is 30.7 Å². The molecule has 156 valence electrons. The van der Waals surface area contributed by atoms with E-state index in [1.165, 1.54) is 23.7 Å². The van der Waals surface area contributed by atoms with Crippen molar-refractivity contribution < 1.29 is 4.79 Å². The number of aryl methyl sites for hydroxylation is 1. The number of anilines is 2. The van der Waals surface area contributed by atoms with Gasteiger partial charge in [-0.1, -0.05) is 12.1 Å². The molecule has 9 heteroatoms. The summed E-state index contributed by atoms with van der Waals surface area (Å²) in [6.45, 7) is 3.40. The Morgan fingerprint density at radius 1 is 1.13 bits per heavy atom. The molecule has 1 amide bonds. The third-order valence-corrected chi connectivity index (χ3v) is 5.18.